The Hall–Kier alpha value is -2.57. The van der Waals surface area contributed by atoms with Crippen molar-refractivity contribution in [1.82, 2.24) is 15.5 Å². The molecule has 0 aromatic heterocycles. The van der Waals surface area contributed by atoms with Gasteiger partial charge < -0.3 is 20.3 Å². The minimum atomic E-state index is -0.803. The minimum absolute atomic E-state index is 0.0711. The second-order valence-electron chi connectivity index (χ2n) is 11.5. The molecule has 5 atom stereocenters. The van der Waals surface area contributed by atoms with E-state index in [0.717, 1.165) is 23.1 Å². The smallest absolute Gasteiger partial charge is 0.408 e. The summed E-state index contributed by atoms with van der Waals surface area (Å²) < 4.78 is 5.47. The predicted octanol–water partition coefficient (Wildman–Crippen LogP) is 5.05. The molecule has 1 aromatic rings. The average molecular weight is 488 g/mol. The highest BCUT2D eigenvalue weighted by Gasteiger charge is 2.49. The minimum Gasteiger partial charge on any atom is -0.444 e. The van der Waals surface area contributed by atoms with Crippen molar-refractivity contribution in [1.29, 1.82) is 0 Å². The maximum absolute atomic E-state index is 14.2. The molecule has 3 amide bonds. The first kappa shape index (κ1) is 28.7. The molecule has 0 bridgehead atoms. The van der Waals surface area contributed by atoms with Crippen molar-refractivity contribution in [3.8, 4) is 0 Å². The lowest BCUT2D eigenvalue weighted by atomic mass is 9.94. The first-order valence-corrected chi connectivity index (χ1v) is 12.8. The number of nitrogens with one attached hydrogen (secondary N) is 2. The quantitative estimate of drug-likeness (QED) is 0.510. The largest absolute Gasteiger partial charge is 0.444 e. The van der Waals surface area contributed by atoms with Gasteiger partial charge in [0.15, 0.2) is 0 Å². The number of alkyl carbamates (subject to hydrolysis) is 1. The van der Waals surface area contributed by atoms with Crippen LogP contribution in [0, 0.1) is 25.7 Å². The van der Waals surface area contributed by atoms with Crippen molar-refractivity contribution in [3.05, 3.63) is 34.9 Å². The highest BCUT2D eigenvalue weighted by atomic mass is 16.6. The first-order chi connectivity index (χ1) is 16.1. The summed E-state index contributed by atoms with van der Waals surface area (Å²) in [5, 5.41) is 5.85. The van der Waals surface area contributed by atoms with Crippen LogP contribution in [-0.2, 0) is 14.3 Å². The van der Waals surface area contributed by atoms with Crippen molar-refractivity contribution < 1.29 is 19.1 Å². The van der Waals surface area contributed by atoms with Crippen LogP contribution in [0.4, 0.5) is 4.79 Å². The van der Waals surface area contributed by atoms with E-state index in [1.807, 2.05) is 53.7 Å². The summed E-state index contributed by atoms with van der Waals surface area (Å²) in [5.41, 5.74) is 2.16. The van der Waals surface area contributed by atoms with Gasteiger partial charge in [0.1, 0.15) is 17.7 Å². The number of hydrogen-bond donors (Lipinski definition) is 2. The zero-order chi connectivity index (χ0) is 26.7. The molecule has 0 radical (unpaired) electrons. The first-order valence-electron chi connectivity index (χ1n) is 12.8. The van der Waals surface area contributed by atoms with Crippen LogP contribution in [-0.4, -0.2) is 46.5 Å². The van der Waals surface area contributed by atoms with Crippen LogP contribution in [0.15, 0.2) is 18.2 Å². The molecule has 0 heterocycles. The Balaban J connectivity index is 2.55. The van der Waals surface area contributed by atoms with E-state index in [2.05, 4.69) is 23.6 Å². The number of carbonyl (C=O) groups is 3. The summed E-state index contributed by atoms with van der Waals surface area (Å²) in [6.07, 6.45) is 0.878. The van der Waals surface area contributed by atoms with E-state index in [1.54, 1.807) is 25.7 Å². The molecule has 2 N–H and O–H groups in total. The van der Waals surface area contributed by atoms with Crippen LogP contribution < -0.4 is 10.6 Å². The molecule has 2 rings (SSSR count). The monoisotopic (exact) mass is 487 g/mol. The molecule has 7 nitrogen and oxygen atoms in total. The fraction of sp³-hybridized carbons (Fsp3) is 0.679. The Morgan fingerprint density at radius 3 is 2.03 bits per heavy atom. The van der Waals surface area contributed by atoms with Crippen LogP contribution in [0.25, 0.3) is 0 Å². The molecule has 0 spiro atoms. The van der Waals surface area contributed by atoms with Crippen molar-refractivity contribution in [3.63, 3.8) is 0 Å². The number of rotatable bonds is 9. The fourth-order valence-corrected chi connectivity index (χ4v) is 4.42. The molecule has 1 aliphatic rings. The average Bonchev–Trinajstić information content (AvgIpc) is 3.42. The Labute approximate surface area is 211 Å². The van der Waals surface area contributed by atoms with Gasteiger partial charge in [-0.15, -0.1) is 0 Å². The van der Waals surface area contributed by atoms with E-state index in [-0.39, 0.29) is 35.7 Å². The highest BCUT2D eigenvalue weighted by Crippen LogP contribution is 2.41. The van der Waals surface area contributed by atoms with Gasteiger partial charge in [0, 0.05) is 12.1 Å². The molecule has 196 valence electrons. The van der Waals surface area contributed by atoms with E-state index >= 15 is 0 Å². The van der Waals surface area contributed by atoms with E-state index in [4.69, 9.17) is 4.74 Å². The number of nitrogens with zero attached hydrogens (tertiary/aromatic N) is 1. The number of ether oxygens (including phenoxy) is 1. The predicted molar refractivity (Wildman–Crippen MR) is 139 cm³/mol. The lowest BCUT2D eigenvalue weighted by Gasteiger charge is -2.37. The second kappa shape index (κ2) is 11.4. The standard InChI is InChI=1S/C28H45N3O4/c1-11-19(6)23(30-27(34)35-28(8,9)10)26(33)31(22-15-20(22)7)24(25(32)29-16(2)3)21-13-17(4)12-18(5)14-21/h12-14,16,19-20,22-24H,11,15H2,1-10H3,(H,29,32)(H,30,34). The molecule has 0 aliphatic heterocycles. The number of benzene rings is 1. The lowest BCUT2D eigenvalue weighted by molar-refractivity contribution is -0.144. The third kappa shape index (κ3) is 7.97. The molecule has 35 heavy (non-hydrogen) atoms. The van der Waals surface area contributed by atoms with Crippen molar-refractivity contribution >= 4 is 17.9 Å². The molecule has 5 unspecified atom stereocenters. The van der Waals surface area contributed by atoms with E-state index < -0.39 is 23.8 Å². The van der Waals surface area contributed by atoms with Gasteiger partial charge in [0.25, 0.3) is 0 Å². The molecular weight excluding hydrogens is 442 g/mol. The summed E-state index contributed by atoms with van der Waals surface area (Å²) in [6, 6.07) is 4.27. The molecule has 1 aromatic carbocycles. The summed E-state index contributed by atoms with van der Waals surface area (Å²) in [6.45, 7) is 19.2. The number of carbonyl (C=O) groups excluding carboxylic acids is 3. The Morgan fingerprint density at radius 2 is 1.60 bits per heavy atom. The van der Waals surface area contributed by atoms with E-state index in [9.17, 15) is 14.4 Å². The SMILES string of the molecule is CCC(C)C(NC(=O)OC(C)(C)C)C(=O)N(C(C(=O)NC(C)C)c1cc(C)cc(C)c1)C1CC1C. The van der Waals surface area contributed by atoms with Gasteiger partial charge in [-0.25, -0.2) is 4.79 Å². The zero-order valence-corrected chi connectivity index (χ0v) is 23.2. The topological polar surface area (TPSA) is 87.7 Å². The van der Waals surface area contributed by atoms with Crippen LogP contribution in [0.5, 0.6) is 0 Å². The fourth-order valence-electron chi connectivity index (χ4n) is 4.42. The maximum atomic E-state index is 14.2. The molecule has 7 heteroatoms. The van der Waals surface area contributed by atoms with Crippen LogP contribution in [0.3, 0.4) is 0 Å². The Kier molecular flexibility index (Phi) is 9.37. The van der Waals surface area contributed by atoms with Crippen LogP contribution >= 0.6 is 0 Å². The summed E-state index contributed by atoms with van der Waals surface area (Å²) in [4.78, 5) is 42.3. The molecule has 0 saturated heterocycles. The molecule has 1 saturated carbocycles. The van der Waals surface area contributed by atoms with Gasteiger partial charge >= 0.3 is 6.09 Å². The van der Waals surface area contributed by atoms with E-state index in [0.29, 0.717) is 6.42 Å². The molecule has 1 aliphatic carbocycles. The zero-order valence-electron chi connectivity index (χ0n) is 23.2. The maximum Gasteiger partial charge on any atom is 0.408 e. The van der Waals surface area contributed by atoms with Gasteiger partial charge in [-0.2, -0.15) is 0 Å². The molecular formula is C28H45N3O4. The van der Waals surface area contributed by atoms with Crippen LogP contribution in [0.1, 0.15) is 91.0 Å². The van der Waals surface area contributed by atoms with Gasteiger partial charge in [-0.05, 0) is 72.3 Å². The highest BCUT2D eigenvalue weighted by molar-refractivity contribution is 5.93. The summed E-state index contributed by atoms with van der Waals surface area (Å²) >= 11 is 0. The van der Waals surface area contributed by atoms with Gasteiger partial charge in [-0.1, -0.05) is 56.5 Å². The summed E-state index contributed by atoms with van der Waals surface area (Å²) in [5.74, 6) is -0.321. The summed E-state index contributed by atoms with van der Waals surface area (Å²) in [7, 11) is 0. The van der Waals surface area contributed by atoms with Gasteiger partial charge in [0.05, 0.1) is 0 Å². The normalized spacial score (nSPS) is 20.0. The van der Waals surface area contributed by atoms with Gasteiger partial charge in [0.2, 0.25) is 11.8 Å². The number of amides is 3. The van der Waals surface area contributed by atoms with E-state index in [1.165, 1.54) is 0 Å². The third-order valence-electron chi connectivity index (χ3n) is 6.35. The van der Waals surface area contributed by atoms with Crippen LogP contribution in [0.2, 0.25) is 0 Å². The third-order valence-corrected chi connectivity index (χ3v) is 6.35. The Morgan fingerprint density at radius 1 is 1.06 bits per heavy atom. The lowest BCUT2D eigenvalue weighted by Crippen LogP contribution is -2.56. The number of aryl methyl sites for hydroxylation is 2. The number of hydrogen-bond acceptors (Lipinski definition) is 4. The van der Waals surface area contributed by atoms with Crippen molar-refractivity contribution in [2.75, 3.05) is 0 Å². The second-order valence-corrected chi connectivity index (χ2v) is 11.5. The van der Waals surface area contributed by atoms with Gasteiger partial charge in [-0.3, -0.25) is 9.59 Å². The van der Waals surface area contributed by atoms with Crippen molar-refractivity contribution in [2.24, 2.45) is 11.8 Å². The Bertz CT molecular complexity index is 901. The van der Waals surface area contributed by atoms with Crippen molar-refractivity contribution in [2.45, 2.75) is 112 Å². The molecule has 1 fully saturated rings.